The predicted octanol–water partition coefficient (Wildman–Crippen LogP) is 0.908. The molecule has 9 heteroatoms. The molecule has 0 aromatic carbocycles. The van der Waals surface area contributed by atoms with Crippen LogP contribution in [0.1, 0.15) is 38.5 Å². The van der Waals surface area contributed by atoms with Crippen LogP contribution in [0.15, 0.2) is 0 Å². The quantitative estimate of drug-likeness (QED) is 0.707. The van der Waals surface area contributed by atoms with E-state index in [1.165, 1.54) is 11.4 Å². The van der Waals surface area contributed by atoms with Crippen molar-refractivity contribution in [2.75, 3.05) is 27.3 Å². The molecule has 2 rings (SSSR count). The molecule has 0 bridgehead atoms. The second-order valence-electron chi connectivity index (χ2n) is 6.38. The largest absolute Gasteiger partial charge is 0.469 e. The highest BCUT2D eigenvalue weighted by molar-refractivity contribution is 7.89. The van der Waals surface area contributed by atoms with Gasteiger partial charge in [-0.05, 0) is 25.7 Å². The molecule has 4 atom stereocenters. The fourth-order valence-electron chi connectivity index (χ4n) is 3.80. The van der Waals surface area contributed by atoms with Crippen molar-refractivity contribution in [1.29, 1.82) is 0 Å². The standard InChI is InChI=1S/C15H28N2O5S.ClH/c1-21-12-7-8-17(11(9-12)10-16)23(19,20)14-6-4-3-5-13(14)15(18)22-2;/h11-14H,3-10,16H2,1-2H3;1H. The van der Waals surface area contributed by atoms with Crippen molar-refractivity contribution >= 4 is 28.4 Å². The summed E-state index contributed by atoms with van der Waals surface area (Å²) in [6.45, 7) is 0.655. The van der Waals surface area contributed by atoms with Gasteiger partial charge in [-0.15, -0.1) is 12.4 Å². The van der Waals surface area contributed by atoms with Crippen LogP contribution in [0, 0.1) is 5.92 Å². The summed E-state index contributed by atoms with van der Waals surface area (Å²) in [5.74, 6) is -0.994. The Kier molecular flexibility index (Phi) is 8.41. The second kappa shape index (κ2) is 9.33. The van der Waals surface area contributed by atoms with Gasteiger partial charge in [0.05, 0.1) is 24.4 Å². The van der Waals surface area contributed by atoms with E-state index in [-0.39, 0.29) is 31.1 Å². The number of rotatable bonds is 5. The zero-order valence-corrected chi connectivity index (χ0v) is 16.0. The number of nitrogens with two attached hydrogens (primary N) is 1. The van der Waals surface area contributed by atoms with Gasteiger partial charge >= 0.3 is 5.97 Å². The highest BCUT2D eigenvalue weighted by Crippen LogP contribution is 2.34. The van der Waals surface area contributed by atoms with E-state index >= 15 is 0 Å². The van der Waals surface area contributed by atoms with E-state index in [1.807, 2.05) is 0 Å². The van der Waals surface area contributed by atoms with Crippen molar-refractivity contribution in [2.45, 2.75) is 55.9 Å². The molecule has 0 aromatic heterocycles. The Hall–Kier alpha value is -0.410. The van der Waals surface area contributed by atoms with E-state index < -0.39 is 27.2 Å². The monoisotopic (exact) mass is 384 g/mol. The molecule has 0 amide bonds. The van der Waals surface area contributed by atoms with Gasteiger partial charge < -0.3 is 15.2 Å². The molecule has 1 saturated heterocycles. The van der Waals surface area contributed by atoms with E-state index in [2.05, 4.69) is 0 Å². The molecular formula is C15H29ClN2O5S. The van der Waals surface area contributed by atoms with Crippen molar-refractivity contribution in [2.24, 2.45) is 11.7 Å². The molecule has 2 fully saturated rings. The number of carbonyl (C=O) groups excluding carboxylic acids is 1. The highest BCUT2D eigenvalue weighted by atomic mass is 35.5. The third-order valence-electron chi connectivity index (χ3n) is 5.14. The lowest BCUT2D eigenvalue weighted by Gasteiger charge is -2.41. The summed E-state index contributed by atoms with van der Waals surface area (Å²) in [5, 5.41) is -0.697. The molecule has 1 saturated carbocycles. The van der Waals surface area contributed by atoms with Crippen LogP contribution in [0.25, 0.3) is 0 Å². The fraction of sp³-hybridized carbons (Fsp3) is 0.933. The Bertz CT molecular complexity index is 516. The molecule has 142 valence electrons. The number of hydrogen-bond donors (Lipinski definition) is 1. The topological polar surface area (TPSA) is 98.9 Å². The normalized spacial score (nSPS) is 32.0. The maximum Gasteiger partial charge on any atom is 0.310 e. The Morgan fingerprint density at radius 3 is 2.46 bits per heavy atom. The third kappa shape index (κ3) is 4.40. The Morgan fingerprint density at radius 1 is 1.21 bits per heavy atom. The summed E-state index contributed by atoms with van der Waals surface area (Å²) in [5.41, 5.74) is 5.80. The number of ether oxygens (including phenoxy) is 2. The van der Waals surface area contributed by atoms with Crippen molar-refractivity contribution < 1.29 is 22.7 Å². The molecule has 7 nitrogen and oxygen atoms in total. The summed E-state index contributed by atoms with van der Waals surface area (Å²) in [6.07, 6.45) is 4.04. The first-order valence-corrected chi connectivity index (χ1v) is 9.77. The summed E-state index contributed by atoms with van der Waals surface area (Å²) in [6, 6.07) is -0.265. The number of nitrogens with zero attached hydrogens (tertiary/aromatic N) is 1. The number of sulfonamides is 1. The van der Waals surface area contributed by atoms with Gasteiger partial charge in [-0.3, -0.25) is 4.79 Å². The van der Waals surface area contributed by atoms with Gasteiger partial charge in [0.25, 0.3) is 0 Å². The van der Waals surface area contributed by atoms with Crippen molar-refractivity contribution in [3.05, 3.63) is 0 Å². The molecule has 1 aliphatic heterocycles. The first-order valence-electron chi connectivity index (χ1n) is 8.27. The van der Waals surface area contributed by atoms with Crippen LogP contribution >= 0.6 is 12.4 Å². The number of piperidine rings is 1. The van der Waals surface area contributed by atoms with Crippen molar-refractivity contribution in [1.82, 2.24) is 4.31 Å². The Morgan fingerprint density at radius 2 is 1.88 bits per heavy atom. The van der Waals surface area contributed by atoms with Gasteiger partial charge in [0.1, 0.15) is 0 Å². The minimum atomic E-state index is -3.59. The lowest BCUT2D eigenvalue weighted by molar-refractivity contribution is -0.146. The fourth-order valence-corrected chi connectivity index (χ4v) is 6.23. The Balaban J connectivity index is 0.00000288. The molecule has 4 unspecified atom stereocenters. The highest BCUT2D eigenvalue weighted by Gasteiger charge is 2.46. The minimum Gasteiger partial charge on any atom is -0.469 e. The van der Waals surface area contributed by atoms with Gasteiger partial charge in [0.15, 0.2) is 0 Å². The number of carbonyl (C=O) groups is 1. The van der Waals surface area contributed by atoms with Gasteiger partial charge in [0, 0.05) is 26.2 Å². The van der Waals surface area contributed by atoms with Crippen LogP contribution in [0.5, 0.6) is 0 Å². The van der Waals surface area contributed by atoms with Crippen LogP contribution in [0.3, 0.4) is 0 Å². The summed E-state index contributed by atoms with van der Waals surface area (Å²) in [4.78, 5) is 12.0. The first kappa shape index (κ1) is 21.6. The lowest BCUT2D eigenvalue weighted by Crippen LogP contribution is -2.55. The van der Waals surface area contributed by atoms with Crippen LogP contribution in [-0.4, -0.2) is 63.4 Å². The summed E-state index contributed by atoms with van der Waals surface area (Å²) < 4.78 is 38.0. The third-order valence-corrected chi connectivity index (χ3v) is 7.60. The molecule has 2 aliphatic rings. The maximum absolute atomic E-state index is 13.2. The molecular weight excluding hydrogens is 356 g/mol. The molecule has 0 aromatic rings. The first-order chi connectivity index (χ1) is 11.0. The number of hydrogen-bond acceptors (Lipinski definition) is 6. The predicted molar refractivity (Wildman–Crippen MR) is 93.5 cm³/mol. The van der Waals surface area contributed by atoms with E-state index in [4.69, 9.17) is 15.2 Å². The van der Waals surface area contributed by atoms with E-state index in [9.17, 15) is 13.2 Å². The number of halogens is 1. The van der Waals surface area contributed by atoms with Gasteiger partial charge in [-0.25, -0.2) is 8.42 Å². The number of methoxy groups -OCH3 is 2. The molecule has 0 spiro atoms. The SMILES string of the molecule is COC(=O)C1CCCCC1S(=O)(=O)N1CCC(OC)CC1CN.Cl. The molecule has 0 radical (unpaired) electrons. The van der Waals surface area contributed by atoms with Gasteiger partial charge in [0.2, 0.25) is 10.0 Å². The molecule has 1 aliphatic carbocycles. The average Bonchev–Trinajstić information content (AvgIpc) is 2.60. The molecule has 1 heterocycles. The molecule has 2 N–H and O–H groups in total. The molecule has 24 heavy (non-hydrogen) atoms. The number of esters is 1. The maximum atomic E-state index is 13.2. The summed E-state index contributed by atoms with van der Waals surface area (Å²) in [7, 11) is -0.637. The lowest BCUT2D eigenvalue weighted by atomic mass is 9.89. The van der Waals surface area contributed by atoms with Gasteiger partial charge in [-0.2, -0.15) is 4.31 Å². The zero-order chi connectivity index (χ0) is 17.0. The zero-order valence-electron chi connectivity index (χ0n) is 14.3. The van der Waals surface area contributed by atoms with Crippen molar-refractivity contribution in [3.8, 4) is 0 Å². The van der Waals surface area contributed by atoms with E-state index in [1.54, 1.807) is 7.11 Å². The smallest absolute Gasteiger partial charge is 0.310 e. The van der Waals surface area contributed by atoms with Crippen LogP contribution < -0.4 is 5.73 Å². The van der Waals surface area contributed by atoms with E-state index in [0.717, 1.165) is 12.8 Å². The van der Waals surface area contributed by atoms with Crippen LogP contribution in [0.2, 0.25) is 0 Å². The van der Waals surface area contributed by atoms with Crippen LogP contribution in [-0.2, 0) is 24.3 Å². The second-order valence-corrected chi connectivity index (χ2v) is 8.48. The van der Waals surface area contributed by atoms with Crippen LogP contribution in [0.4, 0.5) is 0 Å². The average molecular weight is 385 g/mol. The summed E-state index contributed by atoms with van der Waals surface area (Å²) >= 11 is 0. The van der Waals surface area contributed by atoms with Crippen molar-refractivity contribution in [3.63, 3.8) is 0 Å². The van der Waals surface area contributed by atoms with E-state index in [0.29, 0.717) is 32.2 Å². The van der Waals surface area contributed by atoms with Gasteiger partial charge in [-0.1, -0.05) is 12.8 Å². The minimum absolute atomic E-state index is 0. The Labute approximate surface area is 150 Å².